The number of rotatable bonds is 3. The molecule has 96 valence electrons. The zero-order valence-corrected chi connectivity index (χ0v) is 11.6. The van der Waals surface area contributed by atoms with Gasteiger partial charge in [0.15, 0.2) is 0 Å². The van der Waals surface area contributed by atoms with Gasteiger partial charge < -0.3 is 10.2 Å². The number of aryl methyl sites for hydroxylation is 4. The highest BCUT2D eigenvalue weighted by molar-refractivity contribution is 5.38. The molecular weight excluding hydrogens is 222 g/mol. The minimum Gasteiger partial charge on any atom is -0.467 e. The van der Waals surface area contributed by atoms with Gasteiger partial charge in [-0.25, -0.2) is 0 Å². The molecule has 0 bridgehead atoms. The lowest BCUT2D eigenvalue weighted by Gasteiger charge is -2.15. The maximum atomic E-state index is 6.25. The number of benzene rings is 1. The fourth-order valence-electron chi connectivity index (χ4n) is 2.61. The summed E-state index contributed by atoms with van der Waals surface area (Å²) in [6, 6.07) is 6.32. The molecule has 1 unspecified atom stereocenters. The molecular formula is C16H21NO. The van der Waals surface area contributed by atoms with Crippen LogP contribution in [0.25, 0.3) is 0 Å². The molecule has 2 nitrogen and oxygen atoms in total. The predicted molar refractivity (Wildman–Crippen MR) is 74.7 cm³/mol. The Balaban J connectivity index is 2.27. The van der Waals surface area contributed by atoms with E-state index in [2.05, 4.69) is 32.9 Å². The molecule has 1 aromatic carbocycles. The van der Waals surface area contributed by atoms with E-state index in [0.29, 0.717) is 0 Å². The van der Waals surface area contributed by atoms with Gasteiger partial charge in [0.05, 0.1) is 12.3 Å². The summed E-state index contributed by atoms with van der Waals surface area (Å²) in [6.45, 7) is 8.46. The summed E-state index contributed by atoms with van der Waals surface area (Å²) in [6.07, 6.45) is 2.53. The van der Waals surface area contributed by atoms with Crippen molar-refractivity contribution in [1.82, 2.24) is 0 Å². The maximum absolute atomic E-state index is 6.25. The molecule has 0 aliphatic rings. The highest BCUT2D eigenvalue weighted by atomic mass is 16.3. The zero-order chi connectivity index (χ0) is 13.3. The Morgan fingerprint density at radius 1 is 1.06 bits per heavy atom. The van der Waals surface area contributed by atoms with E-state index in [9.17, 15) is 0 Å². The van der Waals surface area contributed by atoms with Crippen LogP contribution >= 0.6 is 0 Å². The summed E-state index contributed by atoms with van der Waals surface area (Å²) in [5.41, 5.74) is 12.6. The van der Waals surface area contributed by atoms with E-state index in [1.54, 1.807) is 6.26 Å². The minimum absolute atomic E-state index is 0.0693. The standard InChI is InChI=1S/C16H21NO/c1-10-7-12(3)14(13(4)8-10)9-15(17)16-11(2)5-6-18-16/h5-8,15H,9,17H2,1-4H3. The SMILES string of the molecule is Cc1cc(C)c(CC(N)c2occc2C)c(C)c1. The number of nitrogens with two attached hydrogens (primary N) is 1. The summed E-state index contributed by atoms with van der Waals surface area (Å²) in [7, 11) is 0. The Bertz CT molecular complexity index is 531. The molecule has 1 heterocycles. The summed E-state index contributed by atoms with van der Waals surface area (Å²) < 4.78 is 5.48. The van der Waals surface area contributed by atoms with Gasteiger partial charge in [-0.05, 0) is 62.4 Å². The number of hydrogen-bond acceptors (Lipinski definition) is 2. The van der Waals surface area contributed by atoms with Crippen LogP contribution in [0.5, 0.6) is 0 Å². The number of furan rings is 1. The number of hydrogen-bond donors (Lipinski definition) is 1. The summed E-state index contributed by atoms with van der Waals surface area (Å²) in [4.78, 5) is 0. The van der Waals surface area contributed by atoms with Crippen molar-refractivity contribution in [1.29, 1.82) is 0 Å². The van der Waals surface area contributed by atoms with Crippen molar-refractivity contribution in [2.45, 2.75) is 40.2 Å². The Morgan fingerprint density at radius 2 is 1.67 bits per heavy atom. The third-order valence-electron chi connectivity index (χ3n) is 3.50. The molecule has 0 spiro atoms. The van der Waals surface area contributed by atoms with Crippen LogP contribution in [-0.2, 0) is 6.42 Å². The first kappa shape index (κ1) is 12.9. The first-order valence-corrected chi connectivity index (χ1v) is 6.35. The fraction of sp³-hybridized carbons (Fsp3) is 0.375. The molecule has 0 fully saturated rings. The van der Waals surface area contributed by atoms with E-state index >= 15 is 0 Å². The van der Waals surface area contributed by atoms with Crippen LogP contribution in [-0.4, -0.2) is 0 Å². The van der Waals surface area contributed by atoms with Gasteiger partial charge in [0.1, 0.15) is 5.76 Å². The van der Waals surface area contributed by atoms with Gasteiger partial charge in [-0.2, -0.15) is 0 Å². The topological polar surface area (TPSA) is 39.2 Å². The first-order valence-electron chi connectivity index (χ1n) is 6.35. The van der Waals surface area contributed by atoms with E-state index in [1.807, 2.05) is 13.0 Å². The van der Waals surface area contributed by atoms with Crippen LogP contribution in [0.1, 0.15) is 39.6 Å². The zero-order valence-electron chi connectivity index (χ0n) is 11.6. The molecule has 18 heavy (non-hydrogen) atoms. The molecule has 0 saturated carbocycles. The van der Waals surface area contributed by atoms with Gasteiger partial charge >= 0.3 is 0 Å². The molecule has 0 amide bonds. The first-order chi connectivity index (χ1) is 8.49. The Labute approximate surface area is 109 Å². The monoisotopic (exact) mass is 243 g/mol. The highest BCUT2D eigenvalue weighted by Crippen LogP contribution is 2.24. The van der Waals surface area contributed by atoms with Gasteiger partial charge in [0, 0.05) is 0 Å². The molecule has 0 saturated heterocycles. The highest BCUT2D eigenvalue weighted by Gasteiger charge is 2.15. The van der Waals surface area contributed by atoms with Crippen molar-refractivity contribution in [2.75, 3.05) is 0 Å². The predicted octanol–water partition coefficient (Wildman–Crippen LogP) is 3.76. The Morgan fingerprint density at radius 3 is 2.17 bits per heavy atom. The molecule has 0 radical (unpaired) electrons. The minimum atomic E-state index is -0.0693. The molecule has 1 aromatic heterocycles. The van der Waals surface area contributed by atoms with Gasteiger partial charge in [-0.15, -0.1) is 0 Å². The Hall–Kier alpha value is -1.54. The summed E-state index contributed by atoms with van der Waals surface area (Å²) >= 11 is 0. The molecule has 2 rings (SSSR count). The van der Waals surface area contributed by atoms with E-state index in [0.717, 1.165) is 17.7 Å². The summed E-state index contributed by atoms with van der Waals surface area (Å²) in [5, 5.41) is 0. The fourth-order valence-corrected chi connectivity index (χ4v) is 2.61. The molecule has 2 aromatic rings. The molecule has 0 aliphatic carbocycles. The lowest BCUT2D eigenvalue weighted by atomic mass is 9.93. The van der Waals surface area contributed by atoms with Crippen molar-refractivity contribution < 1.29 is 4.42 Å². The maximum Gasteiger partial charge on any atom is 0.123 e. The lowest BCUT2D eigenvalue weighted by Crippen LogP contribution is -2.15. The average molecular weight is 243 g/mol. The largest absolute Gasteiger partial charge is 0.467 e. The van der Waals surface area contributed by atoms with Crippen LogP contribution in [0, 0.1) is 27.7 Å². The third kappa shape index (κ3) is 2.49. The van der Waals surface area contributed by atoms with Crippen molar-refractivity contribution in [3.8, 4) is 0 Å². The van der Waals surface area contributed by atoms with Crippen LogP contribution in [0.2, 0.25) is 0 Å². The smallest absolute Gasteiger partial charge is 0.123 e. The second kappa shape index (κ2) is 4.99. The van der Waals surface area contributed by atoms with Crippen molar-refractivity contribution in [3.05, 3.63) is 58.0 Å². The van der Waals surface area contributed by atoms with Crippen LogP contribution in [0.3, 0.4) is 0 Å². The van der Waals surface area contributed by atoms with Gasteiger partial charge in [-0.3, -0.25) is 0 Å². The Kier molecular flexibility index (Phi) is 3.58. The average Bonchev–Trinajstić information content (AvgIpc) is 2.69. The van der Waals surface area contributed by atoms with Gasteiger partial charge in [0.25, 0.3) is 0 Å². The van der Waals surface area contributed by atoms with Gasteiger partial charge in [0.2, 0.25) is 0 Å². The molecule has 0 aliphatic heterocycles. The van der Waals surface area contributed by atoms with Crippen LogP contribution in [0.15, 0.2) is 28.9 Å². The van der Waals surface area contributed by atoms with E-state index in [-0.39, 0.29) is 6.04 Å². The molecule has 2 heteroatoms. The third-order valence-corrected chi connectivity index (χ3v) is 3.50. The van der Waals surface area contributed by atoms with Crippen LogP contribution < -0.4 is 5.73 Å². The second-order valence-corrected chi connectivity index (χ2v) is 5.16. The van der Waals surface area contributed by atoms with Crippen molar-refractivity contribution >= 4 is 0 Å². The molecule has 2 N–H and O–H groups in total. The molecule has 1 atom stereocenters. The quantitative estimate of drug-likeness (QED) is 0.891. The van der Waals surface area contributed by atoms with Crippen molar-refractivity contribution in [3.63, 3.8) is 0 Å². The van der Waals surface area contributed by atoms with E-state index in [4.69, 9.17) is 10.2 Å². The van der Waals surface area contributed by atoms with E-state index < -0.39 is 0 Å². The van der Waals surface area contributed by atoms with Gasteiger partial charge in [-0.1, -0.05) is 17.7 Å². The van der Waals surface area contributed by atoms with E-state index in [1.165, 1.54) is 22.3 Å². The van der Waals surface area contributed by atoms with Crippen LogP contribution in [0.4, 0.5) is 0 Å². The normalized spacial score (nSPS) is 12.7. The summed E-state index contributed by atoms with van der Waals surface area (Å²) in [5.74, 6) is 0.898. The second-order valence-electron chi connectivity index (χ2n) is 5.16. The van der Waals surface area contributed by atoms with Crippen molar-refractivity contribution in [2.24, 2.45) is 5.73 Å². The lowest BCUT2D eigenvalue weighted by molar-refractivity contribution is 0.461.